The highest BCUT2D eigenvalue weighted by Gasteiger charge is 2.15. The Kier molecular flexibility index (Phi) is 3.89. The Labute approximate surface area is 67.5 Å². The van der Waals surface area contributed by atoms with Crippen LogP contribution in [0.1, 0.15) is 13.8 Å². The van der Waals surface area contributed by atoms with Crippen molar-refractivity contribution in [2.24, 2.45) is 16.1 Å². The third-order valence-electron chi connectivity index (χ3n) is 1.42. The van der Waals surface area contributed by atoms with Crippen LogP contribution in [0.5, 0.6) is 0 Å². The fraction of sp³-hybridized carbons (Fsp3) is 0.857. The van der Waals surface area contributed by atoms with E-state index in [9.17, 15) is 0 Å². The van der Waals surface area contributed by atoms with Crippen molar-refractivity contribution in [1.29, 1.82) is 0 Å². The largest absolute Gasteiger partial charge is 0.396 e. The summed E-state index contributed by atoms with van der Waals surface area (Å²) in [5, 5.41) is 11.8. The Morgan fingerprint density at radius 3 is 2.55 bits per heavy atom. The Bertz CT molecular complexity index is 143. The van der Waals surface area contributed by atoms with Gasteiger partial charge in [-0.1, -0.05) is 13.8 Å². The lowest BCUT2D eigenvalue weighted by Crippen LogP contribution is -2.39. The molecule has 4 N–H and O–H groups in total. The molecule has 0 saturated heterocycles. The van der Waals surface area contributed by atoms with Gasteiger partial charge in [-0.3, -0.25) is 4.99 Å². The van der Waals surface area contributed by atoms with Crippen LogP contribution in [0.2, 0.25) is 0 Å². The highest BCUT2D eigenvalue weighted by molar-refractivity contribution is 5.77. The highest BCUT2D eigenvalue weighted by Crippen LogP contribution is 2.10. The molecular weight excluding hydrogens is 142 g/mol. The van der Waals surface area contributed by atoms with Crippen LogP contribution >= 0.6 is 0 Å². The predicted octanol–water partition coefficient (Wildman–Crippen LogP) is -0.461. The summed E-state index contributed by atoms with van der Waals surface area (Å²) in [6.45, 7) is 4.66. The molecule has 0 aliphatic heterocycles. The number of hydrogen-bond donors (Lipinski definition) is 3. The second-order valence-electron chi connectivity index (χ2n) is 3.28. The number of guanidine groups is 1. The molecule has 11 heavy (non-hydrogen) atoms. The fourth-order valence-corrected chi connectivity index (χ4v) is 0.465. The minimum Gasteiger partial charge on any atom is -0.396 e. The maximum absolute atomic E-state index is 8.86. The van der Waals surface area contributed by atoms with E-state index < -0.39 is 0 Å². The van der Waals surface area contributed by atoms with Gasteiger partial charge in [-0.25, -0.2) is 0 Å². The number of aliphatic hydroxyl groups is 1. The van der Waals surface area contributed by atoms with Crippen molar-refractivity contribution in [2.75, 3.05) is 20.2 Å². The molecule has 0 aromatic heterocycles. The molecule has 0 aromatic rings. The van der Waals surface area contributed by atoms with Gasteiger partial charge in [0.15, 0.2) is 5.96 Å². The standard InChI is InChI=1S/C7H17N3O/c1-7(2,5-11)4-10-6(8)9-3/h11H,4-5H2,1-3H3,(H3,8,9,10). The Hall–Kier alpha value is -0.770. The van der Waals surface area contributed by atoms with E-state index in [1.54, 1.807) is 7.05 Å². The van der Waals surface area contributed by atoms with Crippen LogP contribution in [-0.2, 0) is 0 Å². The van der Waals surface area contributed by atoms with E-state index in [1.165, 1.54) is 0 Å². The van der Waals surface area contributed by atoms with E-state index in [4.69, 9.17) is 10.8 Å². The number of nitrogens with two attached hydrogens (primary N) is 1. The second-order valence-corrected chi connectivity index (χ2v) is 3.28. The van der Waals surface area contributed by atoms with Gasteiger partial charge in [0.2, 0.25) is 0 Å². The van der Waals surface area contributed by atoms with Crippen LogP contribution in [-0.4, -0.2) is 31.3 Å². The number of nitrogens with zero attached hydrogens (tertiary/aromatic N) is 1. The quantitative estimate of drug-likeness (QED) is 0.385. The van der Waals surface area contributed by atoms with Crippen molar-refractivity contribution >= 4 is 5.96 Å². The van der Waals surface area contributed by atoms with E-state index in [-0.39, 0.29) is 12.0 Å². The van der Waals surface area contributed by atoms with Gasteiger partial charge in [0.1, 0.15) is 0 Å². The van der Waals surface area contributed by atoms with E-state index in [2.05, 4.69) is 10.3 Å². The fourth-order valence-electron chi connectivity index (χ4n) is 0.465. The van der Waals surface area contributed by atoms with Crippen LogP contribution < -0.4 is 11.1 Å². The van der Waals surface area contributed by atoms with Crippen LogP contribution in [0.25, 0.3) is 0 Å². The number of rotatable bonds is 3. The molecule has 0 spiro atoms. The minimum atomic E-state index is -0.144. The third-order valence-corrected chi connectivity index (χ3v) is 1.42. The van der Waals surface area contributed by atoms with E-state index in [0.29, 0.717) is 12.5 Å². The van der Waals surface area contributed by atoms with Gasteiger partial charge < -0.3 is 16.2 Å². The Balaban J connectivity index is 3.70. The summed E-state index contributed by atoms with van der Waals surface area (Å²) in [5.41, 5.74) is 5.25. The van der Waals surface area contributed by atoms with Gasteiger partial charge >= 0.3 is 0 Å². The number of hydrogen-bond acceptors (Lipinski definition) is 2. The summed E-state index contributed by atoms with van der Waals surface area (Å²) in [5.74, 6) is 0.409. The van der Waals surface area contributed by atoms with Crippen LogP contribution in [0, 0.1) is 5.41 Å². The lowest BCUT2D eigenvalue weighted by atomic mass is 9.95. The van der Waals surface area contributed by atoms with Gasteiger partial charge in [0.05, 0.1) is 0 Å². The Morgan fingerprint density at radius 2 is 2.18 bits per heavy atom. The van der Waals surface area contributed by atoms with Crippen molar-refractivity contribution in [3.63, 3.8) is 0 Å². The topological polar surface area (TPSA) is 70.6 Å². The summed E-state index contributed by atoms with van der Waals surface area (Å²) in [7, 11) is 1.62. The summed E-state index contributed by atoms with van der Waals surface area (Å²) in [6, 6.07) is 0. The van der Waals surface area contributed by atoms with Crippen molar-refractivity contribution in [3.05, 3.63) is 0 Å². The molecule has 4 heteroatoms. The number of aliphatic hydroxyl groups excluding tert-OH is 1. The van der Waals surface area contributed by atoms with Crippen molar-refractivity contribution in [1.82, 2.24) is 5.32 Å². The SMILES string of the molecule is CN=C(N)NCC(C)(C)CO. The molecule has 0 atom stereocenters. The lowest BCUT2D eigenvalue weighted by Gasteiger charge is -2.21. The van der Waals surface area contributed by atoms with E-state index in [1.807, 2.05) is 13.8 Å². The number of aliphatic imine (C=N–C) groups is 1. The van der Waals surface area contributed by atoms with Gasteiger partial charge in [-0.15, -0.1) is 0 Å². The lowest BCUT2D eigenvalue weighted by molar-refractivity contribution is 0.162. The predicted molar refractivity (Wildman–Crippen MR) is 46.4 cm³/mol. The minimum absolute atomic E-state index is 0.136. The molecule has 0 unspecified atom stereocenters. The molecule has 0 heterocycles. The van der Waals surface area contributed by atoms with Gasteiger partial charge in [-0.2, -0.15) is 0 Å². The molecule has 0 saturated carbocycles. The smallest absolute Gasteiger partial charge is 0.188 e. The average molecular weight is 159 g/mol. The summed E-state index contributed by atoms with van der Waals surface area (Å²) >= 11 is 0. The normalized spacial score (nSPS) is 13.3. The molecule has 66 valence electrons. The zero-order chi connectivity index (χ0) is 8.91. The third kappa shape index (κ3) is 4.61. The van der Waals surface area contributed by atoms with E-state index in [0.717, 1.165) is 0 Å². The summed E-state index contributed by atoms with van der Waals surface area (Å²) in [6.07, 6.45) is 0. The first-order valence-corrected chi connectivity index (χ1v) is 3.59. The first-order chi connectivity index (χ1) is 5.02. The van der Waals surface area contributed by atoms with Crippen LogP contribution in [0.15, 0.2) is 4.99 Å². The van der Waals surface area contributed by atoms with Crippen molar-refractivity contribution < 1.29 is 5.11 Å². The van der Waals surface area contributed by atoms with Crippen molar-refractivity contribution in [3.8, 4) is 0 Å². The molecule has 0 aliphatic carbocycles. The molecule has 0 aliphatic rings. The van der Waals surface area contributed by atoms with Crippen LogP contribution in [0.3, 0.4) is 0 Å². The maximum Gasteiger partial charge on any atom is 0.188 e. The average Bonchev–Trinajstić information content (AvgIpc) is 2.00. The van der Waals surface area contributed by atoms with Gasteiger partial charge in [0.25, 0.3) is 0 Å². The molecule has 0 rings (SSSR count). The van der Waals surface area contributed by atoms with E-state index >= 15 is 0 Å². The molecule has 0 fully saturated rings. The zero-order valence-electron chi connectivity index (χ0n) is 7.39. The van der Waals surface area contributed by atoms with Gasteiger partial charge in [-0.05, 0) is 0 Å². The molecule has 4 nitrogen and oxygen atoms in total. The zero-order valence-corrected chi connectivity index (χ0v) is 7.39. The molecular formula is C7H17N3O. The first-order valence-electron chi connectivity index (χ1n) is 3.59. The molecule has 0 bridgehead atoms. The number of nitrogens with one attached hydrogen (secondary N) is 1. The molecule has 0 amide bonds. The monoisotopic (exact) mass is 159 g/mol. The maximum atomic E-state index is 8.86. The molecule has 0 radical (unpaired) electrons. The van der Waals surface area contributed by atoms with Crippen LogP contribution in [0.4, 0.5) is 0 Å². The van der Waals surface area contributed by atoms with Gasteiger partial charge in [0, 0.05) is 25.6 Å². The summed E-state index contributed by atoms with van der Waals surface area (Å²) in [4.78, 5) is 3.73. The molecule has 0 aromatic carbocycles. The second kappa shape index (κ2) is 4.18. The van der Waals surface area contributed by atoms with Crippen molar-refractivity contribution in [2.45, 2.75) is 13.8 Å². The summed E-state index contributed by atoms with van der Waals surface area (Å²) < 4.78 is 0. The first kappa shape index (κ1) is 10.2. The highest BCUT2D eigenvalue weighted by atomic mass is 16.3. The Morgan fingerprint density at radius 1 is 1.64 bits per heavy atom.